The second-order valence-corrected chi connectivity index (χ2v) is 38.6. The molecule has 2 aliphatic heterocycles. The minimum Gasteiger partial charge on any atom is -0.311 e. The van der Waals surface area contributed by atoms with E-state index in [0.29, 0.717) is 0 Å². The molecule has 0 atom stereocenters. The molecule has 0 spiro atoms. The summed E-state index contributed by atoms with van der Waals surface area (Å²) in [7, 11) is 0. The second-order valence-electron chi connectivity index (χ2n) is 38.6. The van der Waals surface area contributed by atoms with Crippen LogP contribution in [0.25, 0.3) is 133 Å². The van der Waals surface area contributed by atoms with Gasteiger partial charge in [0.1, 0.15) is 0 Å². The van der Waals surface area contributed by atoms with Crippen LogP contribution in [0.4, 0.5) is 34.1 Å². The van der Waals surface area contributed by atoms with E-state index in [-0.39, 0.29) is 33.8 Å². The van der Waals surface area contributed by atoms with E-state index in [0.717, 1.165) is 91.5 Å². The lowest BCUT2D eigenvalue weighted by Gasteiger charge is -2.44. The molecule has 4 heterocycles. The predicted molar refractivity (Wildman–Crippen MR) is 516 cm³/mol. The first-order valence-corrected chi connectivity index (χ1v) is 43.6. The monoisotopic (exact) mass is 1560 g/mol. The lowest BCUT2D eigenvalue weighted by Crippen LogP contribution is -2.61. The average molecular weight is 1560 g/mol. The summed E-state index contributed by atoms with van der Waals surface area (Å²) >= 11 is 0. The van der Waals surface area contributed by atoms with E-state index in [1.54, 1.807) is 0 Å². The van der Waals surface area contributed by atoms with Crippen LogP contribution in [0.1, 0.15) is 130 Å². The maximum absolute atomic E-state index is 2.64. The number of nitrogens with zero attached hydrogens (tertiary/aromatic N) is 4. The largest absolute Gasteiger partial charge is 0.311 e. The van der Waals surface area contributed by atoms with Gasteiger partial charge in [-0.1, -0.05) is 319 Å². The maximum atomic E-state index is 2.64. The highest BCUT2D eigenvalue weighted by atomic mass is 15.2. The van der Waals surface area contributed by atoms with Gasteiger partial charge in [-0.2, -0.15) is 0 Å². The number of hydrogen-bond acceptors (Lipinski definition) is 2. The van der Waals surface area contributed by atoms with E-state index < -0.39 is 0 Å². The van der Waals surface area contributed by atoms with Crippen LogP contribution < -0.4 is 26.2 Å². The molecule has 5 heteroatoms. The first kappa shape index (κ1) is 74.1. The highest BCUT2D eigenvalue weighted by Crippen LogP contribution is 2.53. The molecule has 18 aromatic rings. The van der Waals surface area contributed by atoms with Gasteiger partial charge in [-0.3, -0.25) is 0 Å². The Kier molecular flexibility index (Phi) is 17.0. The van der Waals surface area contributed by atoms with Gasteiger partial charge < -0.3 is 18.9 Å². The van der Waals surface area contributed by atoms with Gasteiger partial charge in [0.25, 0.3) is 6.71 Å². The van der Waals surface area contributed by atoms with Crippen molar-refractivity contribution in [2.75, 3.05) is 9.80 Å². The summed E-state index contributed by atoms with van der Waals surface area (Å²) in [6.45, 7) is 26.2. The van der Waals surface area contributed by atoms with Gasteiger partial charge >= 0.3 is 0 Å². The Morgan fingerprint density at radius 3 is 0.835 bits per heavy atom. The zero-order valence-corrected chi connectivity index (χ0v) is 71.2. The summed E-state index contributed by atoms with van der Waals surface area (Å²) in [5.74, 6) is 0. The van der Waals surface area contributed by atoms with E-state index in [1.165, 1.54) is 145 Å². The van der Waals surface area contributed by atoms with E-state index in [1.807, 2.05) is 0 Å². The third-order valence-corrected chi connectivity index (χ3v) is 28.2. The standard InChI is InChI=1S/C116H99BN4/c1-112(2,3)88-44-32-80(33-45-88)87-70-109-111-110(71-87)119(90-48-36-79(37-49-90)86-39-53-98-100(69-86)116(10,11)63-61-114(98,6)7)108-73-92(121-105-58-42-83(76-28-20-14-21-29-76)66-95(105)96-67-84(43-59-106(96)121)77-30-22-15-23-31-77)51-55-102(108)117(111)101-54-50-91(72-107(101)118(109)89-46-34-78(35-47-89)85-38-52-97-99(68-85)115(8,9)62-60-113(97,4)5)120-103-56-40-81(74-24-16-12-17-25-74)64-93(103)94-65-82(41-57-104(94)120)75-26-18-13-19-27-75/h12-59,64-73H,60-63H2,1-11H3. The quantitative estimate of drug-likeness (QED) is 0.120. The highest BCUT2D eigenvalue weighted by Gasteiger charge is 2.46. The fourth-order valence-corrected chi connectivity index (χ4v) is 21.1. The van der Waals surface area contributed by atoms with Gasteiger partial charge in [0.2, 0.25) is 0 Å². The number of rotatable bonds is 11. The normalized spacial score (nSPS) is 15.3. The highest BCUT2D eigenvalue weighted by molar-refractivity contribution is 7.00. The molecule has 0 fully saturated rings. The Labute approximate surface area is 712 Å². The summed E-state index contributed by atoms with van der Waals surface area (Å²) in [6.07, 6.45) is 4.66. The first-order valence-electron chi connectivity index (χ1n) is 43.6. The van der Waals surface area contributed by atoms with Gasteiger partial charge in [0.05, 0.1) is 22.1 Å². The van der Waals surface area contributed by atoms with Crippen molar-refractivity contribution < 1.29 is 0 Å². The summed E-state index contributed by atoms with van der Waals surface area (Å²) in [5, 5.41) is 4.84. The summed E-state index contributed by atoms with van der Waals surface area (Å²) in [5.41, 5.74) is 41.5. The Balaban J connectivity index is 0.809. The molecule has 0 bridgehead atoms. The molecular weight excluding hydrogens is 1460 g/mol. The van der Waals surface area contributed by atoms with Gasteiger partial charge in [-0.05, 0) is 284 Å². The van der Waals surface area contributed by atoms with Gasteiger partial charge in [0, 0.05) is 67.0 Å². The van der Waals surface area contributed by atoms with Gasteiger partial charge in [-0.15, -0.1) is 0 Å². The van der Waals surface area contributed by atoms with Crippen LogP contribution in [-0.2, 0) is 27.1 Å². The van der Waals surface area contributed by atoms with Crippen LogP contribution in [0.5, 0.6) is 0 Å². The predicted octanol–water partition coefficient (Wildman–Crippen LogP) is 29.6. The lowest BCUT2D eigenvalue weighted by molar-refractivity contribution is 0.332. The molecule has 16 aromatic carbocycles. The van der Waals surface area contributed by atoms with Crippen molar-refractivity contribution in [1.29, 1.82) is 0 Å². The fraction of sp³-hybridized carbons (Fsp3) is 0.172. The van der Waals surface area contributed by atoms with E-state index in [9.17, 15) is 0 Å². The topological polar surface area (TPSA) is 16.3 Å². The van der Waals surface area contributed by atoms with Crippen LogP contribution >= 0.6 is 0 Å². The molecule has 22 rings (SSSR count). The molecule has 2 aromatic heterocycles. The third kappa shape index (κ3) is 12.3. The van der Waals surface area contributed by atoms with Crippen molar-refractivity contribution in [2.24, 2.45) is 0 Å². The summed E-state index contributed by atoms with van der Waals surface area (Å²) in [6, 6.07) is 135. The number of fused-ring (bicyclic) bond motifs is 12. The molecule has 121 heavy (non-hydrogen) atoms. The summed E-state index contributed by atoms with van der Waals surface area (Å²) in [4.78, 5) is 5.28. The summed E-state index contributed by atoms with van der Waals surface area (Å²) < 4.78 is 5.08. The van der Waals surface area contributed by atoms with Crippen molar-refractivity contribution >= 4 is 101 Å². The zero-order chi connectivity index (χ0) is 82.2. The van der Waals surface area contributed by atoms with Crippen molar-refractivity contribution in [3.63, 3.8) is 0 Å². The molecule has 586 valence electrons. The van der Waals surface area contributed by atoms with E-state index >= 15 is 0 Å². The SMILES string of the molecule is CC(C)(C)c1ccc(-c2cc3c4c(c2)N(c2ccc(-c5ccc6c(c5)C(C)(C)CCC6(C)C)cc2)c2cc(-n5c6ccc(-c7ccccc7)cc6c6cc(-c7ccccc7)ccc65)ccc2B4c2ccc(-n4c5ccc(-c6ccccc6)cc5c5cc(-c6ccccc6)ccc54)cc2N3c2ccc(-c3ccc4c(c3)C(C)(C)CCC4(C)C)cc2)cc1. The molecule has 0 N–H and O–H groups in total. The molecule has 4 nitrogen and oxygen atoms in total. The number of hydrogen-bond donors (Lipinski definition) is 0. The van der Waals surface area contributed by atoms with Gasteiger partial charge in [0.15, 0.2) is 0 Å². The Hall–Kier alpha value is -13.2. The van der Waals surface area contributed by atoms with Crippen LogP contribution in [0.2, 0.25) is 0 Å². The van der Waals surface area contributed by atoms with E-state index in [4.69, 9.17) is 0 Å². The molecule has 0 unspecified atom stereocenters. The smallest absolute Gasteiger partial charge is 0.252 e. The second kappa shape index (κ2) is 27.7. The minimum absolute atomic E-state index is 0.0460. The van der Waals surface area contributed by atoms with Crippen molar-refractivity contribution in [3.8, 4) is 89.3 Å². The molecule has 4 aliphatic rings. The molecule has 0 amide bonds. The van der Waals surface area contributed by atoms with Crippen LogP contribution in [-0.4, -0.2) is 15.8 Å². The molecule has 0 radical (unpaired) electrons. The lowest BCUT2D eigenvalue weighted by atomic mass is 9.33. The third-order valence-electron chi connectivity index (χ3n) is 28.2. The number of anilines is 6. The van der Waals surface area contributed by atoms with E-state index in [2.05, 4.69) is 447 Å². The molecule has 2 aliphatic carbocycles. The zero-order valence-electron chi connectivity index (χ0n) is 71.2. The Morgan fingerprint density at radius 2 is 0.504 bits per heavy atom. The molecular formula is C116H99BN4. The van der Waals surface area contributed by atoms with Crippen molar-refractivity contribution in [2.45, 2.75) is 129 Å². The van der Waals surface area contributed by atoms with Crippen molar-refractivity contribution in [3.05, 3.63) is 380 Å². The van der Waals surface area contributed by atoms with Crippen molar-refractivity contribution in [1.82, 2.24) is 9.13 Å². The van der Waals surface area contributed by atoms with Crippen LogP contribution in [0, 0.1) is 0 Å². The minimum atomic E-state index is -0.215. The fourth-order valence-electron chi connectivity index (χ4n) is 21.1. The van der Waals surface area contributed by atoms with Crippen LogP contribution in [0.3, 0.4) is 0 Å². The molecule has 0 saturated heterocycles. The Bertz CT molecular complexity index is 6600. The van der Waals surface area contributed by atoms with Gasteiger partial charge in [-0.25, -0.2) is 0 Å². The average Bonchev–Trinajstić information content (AvgIpc) is 1.25. The maximum Gasteiger partial charge on any atom is 0.252 e. The Morgan fingerprint density at radius 1 is 0.231 bits per heavy atom. The first-order chi connectivity index (χ1) is 58.6. The molecule has 0 saturated carbocycles. The number of aromatic nitrogens is 2. The van der Waals surface area contributed by atoms with Crippen LogP contribution in [0.15, 0.2) is 352 Å². The number of benzene rings is 16.